The molecule has 4 nitrogen and oxygen atoms in total. The molecule has 1 heterocycles. The van der Waals surface area contributed by atoms with Crippen molar-refractivity contribution in [2.24, 2.45) is 0 Å². The molecule has 1 saturated carbocycles. The van der Waals surface area contributed by atoms with Crippen molar-refractivity contribution in [3.8, 4) is 11.6 Å². The molecule has 0 amide bonds. The number of hydrogen-bond donors (Lipinski definition) is 1. The Bertz CT molecular complexity index is 555. The van der Waals surface area contributed by atoms with Crippen LogP contribution in [0.25, 0.3) is 0 Å². The van der Waals surface area contributed by atoms with Crippen LogP contribution in [0, 0.1) is 0 Å². The van der Waals surface area contributed by atoms with Gasteiger partial charge in [-0.25, -0.2) is 0 Å². The summed E-state index contributed by atoms with van der Waals surface area (Å²) >= 11 is 5.89. The third kappa shape index (κ3) is 3.66. The molecular weight excluding hydrogens is 262 g/mol. The van der Waals surface area contributed by atoms with Gasteiger partial charge in [0.15, 0.2) is 0 Å². The first-order chi connectivity index (χ1) is 9.29. The van der Waals surface area contributed by atoms with E-state index >= 15 is 0 Å². The van der Waals surface area contributed by atoms with E-state index in [1.165, 1.54) is 12.8 Å². The largest absolute Gasteiger partial charge is 0.437 e. The first-order valence-corrected chi connectivity index (χ1v) is 6.67. The van der Waals surface area contributed by atoms with Gasteiger partial charge >= 0.3 is 0 Å². The van der Waals surface area contributed by atoms with Crippen molar-refractivity contribution in [1.29, 1.82) is 0 Å². The van der Waals surface area contributed by atoms with Gasteiger partial charge in [-0.15, -0.1) is 5.10 Å². The molecule has 0 radical (unpaired) electrons. The van der Waals surface area contributed by atoms with E-state index in [-0.39, 0.29) is 0 Å². The smallest absolute Gasteiger partial charge is 0.238 e. The first-order valence-electron chi connectivity index (χ1n) is 6.29. The third-order valence-electron chi connectivity index (χ3n) is 2.86. The number of nitrogens with zero attached hydrogens (tertiary/aromatic N) is 2. The van der Waals surface area contributed by atoms with Crippen LogP contribution in [-0.2, 0) is 6.54 Å². The predicted molar refractivity (Wildman–Crippen MR) is 73.4 cm³/mol. The average Bonchev–Trinajstić information content (AvgIpc) is 3.22. The highest BCUT2D eigenvalue weighted by Crippen LogP contribution is 2.22. The zero-order valence-electron chi connectivity index (χ0n) is 10.3. The molecule has 1 aromatic carbocycles. The number of rotatable bonds is 5. The lowest BCUT2D eigenvalue weighted by atomic mass is 10.3. The van der Waals surface area contributed by atoms with Crippen molar-refractivity contribution < 1.29 is 4.74 Å². The Morgan fingerprint density at radius 1 is 1.21 bits per heavy atom. The predicted octanol–water partition coefficient (Wildman–Crippen LogP) is 3.17. The van der Waals surface area contributed by atoms with Crippen LogP contribution in [0.5, 0.6) is 11.6 Å². The first kappa shape index (κ1) is 12.4. The van der Waals surface area contributed by atoms with Gasteiger partial charge in [0.25, 0.3) is 0 Å². The molecule has 2 aromatic rings. The highest BCUT2D eigenvalue weighted by atomic mass is 35.5. The average molecular weight is 276 g/mol. The van der Waals surface area contributed by atoms with Crippen LogP contribution in [0.2, 0.25) is 5.02 Å². The molecule has 19 heavy (non-hydrogen) atoms. The standard InChI is InChI=1S/C14H14ClN3O/c15-10-2-1-3-13(8-10)19-14-7-6-12(17-18-14)9-16-11-4-5-11/h1-3,6-8,11,16H,4-5,9H2. The summed E-state index contributed by atoms with van der Waals surface area (Å²) < 4.78 is 5.57. The summed E-state index contributed by atoms with van der Waals surface area (Å²) in [5.41, 5.74) is 0.922. The van der Waals surface area contributed by atoms with Crippen LogP contribution in [0.3, 0.4) is 0 Å². The fourth-order valence-electron chi connectivity index (χ4n) is 1.68. The van der Waals surface area contributed by atoms with Crippen molar-refractivity contribution >= 4 is 11.6 Å². The van der Waals surface area contributed by atoms with Crippen LogP contribution in [0.15, 0.2) is 36.4 Å². The van der Waals surface area contributed by atoms with Gasteiger partial charge in [0.05, 0.1) is 5.69 Å². The summed E-state index contributed by atoms with van der Waals surface area (Å²) in [6.45, 7) is 0.759. The number of benzene rings is 1. The monoisotopic (exact) mass is 275 g/mol. The molecule has 1 aromatic heterocycles. The van der Waals surface area contributed by atoms with Gasteiger partial charge in [0.1, 0.15) is 5.75 Å². The van der Waals surface area contributed by atoms with E-state index in [0.717, 1.165) is 12.2 Å². The number of ether oxygens (including phenoxy) is 1. The van der Waals surface area contributed by atoms with E-state index in [9.17, 15) is 0 Å². The lowest BCUT2D eigenvalue weighted by Crippen LogP contribution is -2.16. The van der Waals surface area contributed by atoms with Crippen LogP contribution < -0.4 is 10.1 Å². The van der Waals surface area contributed by atoms with Crippen LogP contribution in [-0.4, -0.2) is 16.2 Å². The van der Waals surface area contributed by atoms with Gasteiger partial charge in [-0.2, -0.15) is 5.10 Å². The van der Waals surface area contributed by atoms with Crippen molar-refractivity contribution in [2.45, 2.75) is 25.4 Å². The minimum absolute atomic E-state index is 0.470. The van der Waals surface area contributed by atoms with Gasteiger partial charge in [0.2, 0.25) is 5.88 Å². The maximum atomic E-state index is 5.89. The topological polar surface area (TPSA) is 47.0 Å². The Morgan fingerprint density at radius 2 is 2.11 bits per heavy atom. The quantitative estimate of drug-likeness (QED) is 0.910. The second kappa shape index (κ2) is 5.55. The van der Waals surface area contributed by atoms with Crippen LogP contribution in [0.1, 0.15) is 18.5 Å². The molecule has 0 unspecified atom stereocenters. The zero-order chi connectivity index (χ0) is 13.1. The summed E-state index contributed by atoms with van der Waals surface area (Å²) in [4.78, 5) is 0. The third-order valence-corrected chi connectivity index (χ3v) is 3.10. The van der Waals surface area contributed by atoms with E-state index in [2.05, 4.69) is 15.5 Å². The summed E-state index contributed by atoms with van der Waals surface area (Å²) in [6.07, 6.45) is 2.53. The molecule has 1 N–H and O–H groups in total. The lowest BCUT2D eigenvalue weighted by Gasteiger charge is -2.05. The normalized spacial score (nSPS) is 14.4. The molecule has 0 aliphatic heterocycles. The van der Waals surface area contributed by atoms with E-state index in [1.54, 1.807) is 12.1 Å². The fraction of sp³-hybridized carbons (Fsp3) is 0.286. The highest BCUT2D eigenvalue weighted by molar-refractivity contribution is 6.30. The second-order valence-corrected chi connectivity index (χ2v) is 5.01. The van der Waals surface area contributed by atoms with Gasteiger partial charge in [-0.05, 0) is 37.1 Å². The zero-order valence-corrected chi connectivity index (χ0v) is 11.1. The lowest BCUT2D eigenvalue weighted by molar-refractivity contribution is 0.453. The van der Waals surface area contributed by atoms with Crippen molar-refractivity contribution in [3.63, 3.8) is 0 Å². The Hall–Kier alpha value is -1.65. The molecule has 98 valence electrons. The highest BCUT2D eigenvalue weighted by Gasteiger charge is 2.20. The molecule has 0 saturated heterocycles. The number of halogens is 1. The minimum Gasteiger partial charge on any atom is -0.437 e. The van der Waals surface area contributed by atoms with Gasteiger partial charge in [-0.3, -0.25) is 0 Å². The van der Waals surface area contributed by atoms with Crippen molar-refractivity contribution in [3.05, 3.63) is 47.1 Å². The molecule has 1 fully saturated rings. The maximum Gasteiger partial charge on any atom is 0.238 e. The van der Waals surface area contributed by atoms with Crippen LogP contribution >= 0.6 is 11.6 Å². The fourth-order valence-corrected chi connectivity index (χ4v) is 1.86. The van der Waals surface area contributed by atoms with E-state index in [0.29, 0.717) is 22.7 Å². The molecule has 0 bridgehead atoms. The molecule has 1 aliphatic carbocycles. The van der Waals surface area contributed by atoms with Gasteiger partial charge in [-0.1, -0.05) is 17.7 Å². The minimum atomic E-state index is 0.470. The van der Waals surface area contributed by atoms with Crippen LogP contribution in [0.4, 0.5) is 0 Å². The summed E-state index contributed by atoms with van der Waals surface area (Å²) in [6, 6.07) is 11.6. The van der Waals surface area contributed by atoms with E-state index in [1.807, 2.05) is 24.3 Å². The summed E-state index contributed by atoms with van der Waals surface area (Å²) in [5, 5.41) is 12.2. The van der Waals surface area contributed by atoms with E-state index in [4.69, 9.17) is 16.3 Å². The van der Waals surface area contributed by atoms with Crippen molar-refractivity contribution in [2.75, 3.05) is 0 Å². The van der Waals surface area contributed by atoms with Gasteiger partial charge < -0.3 is 10.1 Å². The Kier molecular flexibility index (Phi) is 3.62. The number of aromatic nitrogens is 2. The number of nitrogens with one attached hydrogen (secondary N) is 1. The number of hydrogen-bond acceptors (Lipinski definition) is 4. The molecular formula is C14H14ClN3O. The Labute approximate surface area is 116 Å². The van der Waals surface area contributed by atoms with Crippen molar-refractivity contribution in [1.82, 2.24) is 15.5 Å². The molecule has 3 rings (SSSR count). The molecule has 0 spiro atoms. The second-order valence-electron chi connectivity index (χ2n) is 4.58. The summed E-state index contributed by atoms with van der Waals surface area (Å²) in [5.74, 6) is 1.13. The SMILES string of the molecule is Clc1cccc(Oc2ccc(CNC3CC3)nn2)c1. The Morgan fingerprint density at radius 3 is 2.79 bits per heavy atom. The Balaban J connectivity index is 1.61. The molecule has 5 heteroatoms. The summed E-state index contributed by atoms with van der Waals surface area (Å²) in [7, 11) is 0. The van der Waals surface area contributed by atoms with Gasteiger partial charge in [0, 0.05) is 23.7 Å². The molecule has 0 atom stereocenters. The maximum absolute atomic E-state index is 5.89. The van der Waals surface area contributed by atoms with E-state index < -0.39 is 0 Å². The molecule has 1 aliphatic rings.